The molecule has 2 saturated carbocycles. The molecule has 5 rings (SSSR count). The minimum atomic E-state index is -0.0901. The van der Waals surface area contributed by atoms with E-state index in [1.54, 1.807) is 0 Å². The zero-order valence-electron chi connectivity index (χ0n) is 19.3. The number of carbonyl (C=O) groups excluding carboxylic acids is 1. The summed E-state index contributed by atoms with van der Waals surface area (Å²) < 4.78 is 6.47. The molecule has 4 aliphatic rings. The first-order valence-electron chi connectivity index (χ1n) is 12.2. The van der Waals surface area contributed by atoms with E-state index < -0.39 is 0 Å². The highest BCUT2D eigenvalue weighted by Crippen LogP contribution is 2.70. The van der Waals surface area contributed by atoms with Gasteiger partial charge in [-0.05, 0) is 85.0 Å². The van der Waals surface area contributed by atoms with Crippen LogP contribution < -0.4 is 10.2 Å². The van der Waals surface area contributed by atoms with E-state index in [4.69, 9.17) is 4.74 Å². The van der Waals surface area contributed by atoms with Crippen molar-refractivity contribution in [2.75, 3.05) is 31.2 Å². The van der Waals surface area contributed by atoms with E-state index >= 15 is 0 Å². The number of benzene rings is 1. The topological polar surface area (TPSA) is 61.8 Å². The molecular formula is C26H38N2O3. The third kappa shape index (κ3) is 3.31. The minimum absolute atomic E-state index is 0.0181. The molecule has 2 aliphatic heterocycles. The average Bonchev–Trinajstić information content (AvgIpc) is 3.44. The number of aliphatic hydroxyl groups excluding tert-OH is 1. The van der Waals surface area contributed by atoms with Gasteiger partial charge in [-0.1, -0.05) is 19.9 Å². The Hall–Kier alpha value is -1.59. The Morgan fingerprint density at radius 2 is 2.06 bits per heavy atom. The van der Waals surface area contributed by atoms with Crippen molar-refractivity contribution in [3.63, 3.8) is 0 Å². The van der Waals surface area contributed by atoms with Gasteiger partial charge in [0.05, 0.1) is 12.7 Å². The van der Waals surface area contributed by atoms with Gasteiger partial charge < -0.3 is 20.1 Å². The van der Waals surface area contributed by atoms with Crippen LogP contribution in [0.25, 0.3) is 0 Å². The van der Waals surface area contributed by atoms with Crippen LogP contribution in [0.1, 0.15) is 69.6 Å². The molecule has 2 bridgehead atoms. The fourth-order valence-electron chi connectivity index (χ4n) is 7.58. The van der Waals surface area contributed by atoms with Crippen molar-refractivity contribution in [2.24, 2.45) is 22.7 Å². The summed E-state index contributed by atoms with van der Waals surface area (Å²) in [4.78, 5) is 15.0. The summed E-state index contributed by atoms with van der Waals surface area (Å²) in [6.07, 6.45) is 6.25. The van der Waals surface area contributed by atoms with Crippen LogP contribution in [0.2, 0.25) is 0 Å². The third-order valence-corrected chi connectivity index (χ3v) is 9.18. The van der Waals surface area contributed by atoms with Crippen LogP contribution in [-0.2, 0) is 9.53 Å². The molecule has 2 heterocycles. The van der Waals surface area contributed by atoms with Gasteiger partial charge in [0.1, 0.15) is 0 Å². The van der Waals surface area contributed by atoms with Gasteiger partial charge in [0.2, 0.25) is 5.91 Å². The zero-order chi connectivity index (χ0) is 21.8. The standard InChI is InChI=1S/C26H38N2O3/c1-17-14-19(28-10-4-5-11-28)6-7-20(17)23-21-15-18-16-26(21,9-13-31-23)24(25(18,2)3)27-22(30)8-12-29/h6-7,14,18,21,23-24,29H,4-5,8-13,15-16H2,1-3H3,(H,27,30)/t18-,21-,23-,24+,26-/m1/s1. The highest BCUT2D eigenvalue weighted by Gasteiger charge is 2.68. The number of rotatable bonds is 5. The summed E-state index contributed by atoms with van der Waals surface area (Å²) in [5.41, 5.74) is 4.18. The molecule has 4 fully saturated rings. The maximum absolute atomic E-state index is 12.5. The molecule has 0 unspecified atom stereocenters. The van der Waals surface area contributed by atoms with Gasteiger partial charge >= 0.3 is 0 Å². The Morgan fingerprint density at radius 1 is 1.29 bits per heavy atom. The molecule has 1 aromatic rings. The van der Waals surface area contributed by atoms with Crippen LogP contribution in [0.4, 0.5) is 5.69 Å². The molecule has 170 valence electrons. The van der Waals surface area contributed by atoms with E-state index in [0.717, 1.165) is 26.1 Å². The smallest absolute Gasteiger partial charge is 0.222 e. The van der Waals surface area contributed by atoms with Gasteiger partial charge in [0, 0.05) is 37.8 Å². The van der Waals surface area contributed by atoms with E-state index in [-0.39, 0.29) is 41.9 Å². The van der Waals surface area contributed by atoms with E-state index in [1.807, 2.05) is 0 Å². The van der Waals surface area contributed by atoms with E-state index in [1.165, 1.54) is 42.5 Å². The lowest BCUT2D eigenvalue weighted by Crippen LogP contribution is -2.59. The summed E-state index contributed by atoms with van der Waals surface area (Å²) in [7, 11) is 0. The van der Waals surface area contributed by atoms with Crippen molar-refractivity contribution < 1.29 is 14.6 Å². The first-order chi connectivity index (χ1) is 14.9. The fraction of sp³-hybridized carbons (Fsp3) is 0.731. The summed E-state index contributed by atoms with van der Waals surface area (Å²) in [5.74, 6) is 1.02. The number of nitrogens with zero attached hydrogens (tertiary/aromatic N) is 1. The highest BCUT2D eigenvalue weighted by molar-refractivity contribution is 5.76. The zero-order valence-corrected chi connectivity index (χ0v) is 19.3. The van der Waals surface area contributed by atoms with Crippen LogP contribution in [0.3, 0.4) is 0 Å². The first-order valence-corrected chi connectivity index (χ1v) is 12.2. The van der Waals surface area contributed by atoms with Crippen LogP contribution >= 0.6 is 0 Å². The SMILES string of the molecule is Cc1cc(N2CCCC2)ccc1[C@H]1OCC[C@@]23C[C@@H](C[C@H]12)C(C)(C)[C@@H]3NC(=O)CCO. The number of anilines is 1. The molecule has 5 heteroatoms. The van der Waals surface area contributed by atoms with Crippen molar-refractivity contribution in [3.8, 4) is 0 Å². The van der Waals surface area contributed by atoms with Gasteiger partial charge in [0.15, 0.2) is 0 Å². The van der Waals surface area contributed by atoms with Crippen molar-refractivity contribution in [3.05, 3.63) is 29.3 Å². The molecule has 0 radical (unpaired) electrons. The van der Waals surface area contributed by atoms with Gasteiger partial charge in [-0.25, -0.2) is 0 Å². The molecule has 31 heavy (non-hydrogen) atoms. The van der Waals surface area contributed by atoms with Gasteiger partial charge in [-0.2, -0.15) is 0 Å². The second-order valence-corrected chi connectivity index (χ2v) is 11.0. The molecule has 5 atom stereocenters. The Morgan fingerprint density at radius 3 is 2.77 bits per heavy atom. The predicted octanol–water partition coefficient (Wildman–Crippen LogP) is 3.98. The fourth-order valence-corrected chi connectivity index (χ4v) is 7.58. The number of fused-ring (bicyclic) bond motifs is 1. The number of hydrogen-bond donors (Lipinski definition) is 2. The summed E-state index contributed by atoms with van der Waals surface area (Å²) in [6, 6.07) is 7.10. The monoisotopic (exact) mass is 426 g/mol. The number of nitrogens with one attached hydrogen (secondary N) is 1. The Labute approximate surface area is 186 Å². The number of aliphatic hydroxyl groups is 1. The van der Waals surface area contributed by atoms with Crippen LogP contribution in [0.5, 0.6) is 0 Å². The van der Waals surface area contributed by atoms with Crippen LogP contribution in [-0.4, -0.2) is 43.4 Å². The van der Waals surface area contributed by atoms with Crippen LogP contribution in [0.15, 0.2) is 18.2 Å². The van der Waals surface area contributed by atoms with Crippen molar-refractivity contribution in [2.45, 2.75) is 71.4 Å². The normalized spacial score (nSPS) is 35.9. The highest BCUT2D eigenvalue weighted by atomic mass is 16.5. The summed E-state index contributed by atoms with van der Waals surface area (Å²) in [5, 5.41) is 12.6. The Bertz CT molecular complexity index is 847. The number of hydrogen-bond acceptors (Lipinski definition) is 4. The molecule has 1 spiro atoms. The molecule has 1 aromatic carbocycles. The van der Waals surface area contributed by atoms with Crippen molar-refractivity contribution in [1.29, 1.82) is 0 Å². The minimum Gasteiger partial charge on any atom is -0.396 e. The molecule has 5 nitrogen and oxygen atoms in total. The van der Waals surface area contributed by atoms with Crippen molar-refractivity contribution in [1.82, 2.24) is 5.32 Å². The largest absolute Gasteiger partial charge is 0.396 e. The van der Waals surface area contributed by atoms with Crippen LogP contribution in [0, 0.1) is 29.6 Å². The maximum atomic E-state index is 12.5. The first kappa shape index (κ1) is 21.3. The average molecular weight is 427 g/mol. The van der Waals surface area contributed by atoms with E-state index in [2.05, 4.69) is 49.2 Å². The second kappa shape index (κ2) is 7.77. The number of amides is 1. The molecular weight excluding hydrogens is 388 g/mol. The molecule has 2 aliphatic carbocycles. The van der Waals surface area contributed by atoms with E-state index in [9.17, 15) is 9.90 Å². The lowest BCUT2D eigenvalue weighted by atomic mass is 9.58. The quantitative estimate of drug-likeness (QED) is 0.748. The predicted molar refractivity (Wildman–Crippen MR) is 122 cm³/mol. The number of aryl methyl sites for hydroxylation is 1. The van der Waals surface area contributed by atoms with Gasteiger partial charge in [-0.3, -0.25) is 4.79 Å². The molecule has 2 saturated heterocycles. The lowest BCUT2D eigenvalue weighted by Gasteiger charge is -2.53. The summed E-state index contributed by atoms with van der Waals surface area (Å²) in [6.45, 7) is 9.88. The lowest BCUT2D eigenvalue weighted by molar-refractivity contribution is -0.137. The summed E-state index contributed by atoms with van der Waals surface area (Å²) >= 11 is 0. The van der Waals surface area contributed by atoms with E-state index in [0.29, 0.717) is 11.8 Å². The van der Waals surface area contributed by atoms with Gasteiger partial charge in [-0.15, -0.1) is 0 Å². The Kier molecular flexibility index (Phi) is 5.33. The second-order valence-electron chi connectivity index (χ2n) is 11.0. The number of carbonyl (C=O) groups is 1. The molecule has 2 N–H and O–H groups in total. The molecule has 1 amide bonds. The molecule has 0 aromatic heterocycles. The van der Waals surface area contributed by atoms with Gasteiger partial charge in [0.25, 0.3) is 0 Å². The Balaban J connectivity index is 1.44. The maximum Gasteiger partial charge on any atom is 0.222 e. The number of ether oxygens (including phenoxy) is 1. The third-order valence-electron chi connectivity index (χ3n) is 9.18. The van der Waals surface area contributed by atoms with Crippen molar-refractivity contribution >= 4 is 11.6 Å².